The Morgan fingerprint density at radius 1 is 0.633 bits per heavy atom. The number of hydrogen-bond donors (Lipinski definition) is 0. The van der Waals surface area contributed by atoms with E-state index in [0.717, 1.165) is 63.2 Å². The van der Waals surface area contributed by atoms with Crippen molar-refractivity contribution in [2.75, 3.05) is 0 Å². The van der Waals surface area contributed by atoms with Gasteiger partial charge in [-0.05, 0) is 99.7 Å². The van der Waals surface area contributed by atoms with Crippen molar-refractivity contribution >= 4 is 11.6 Å². The third kappa shape index (κ3) is 6.67. The number of carbonyl (C=O) groups is 2. The van der Waals surface area contributed by atoms with Crippen LogP contribution in [-0.2, 0) is 9.59 Å². The fraction of sp³-hybridized carbons (Fsp3) is 0.929. The van der Waals surface area contributed by atoms with Crippen LogP contribution in [0.15, 0.2) is 0 Å². The van der Waals surface area contributed by atoms with E-state index in [9.17, 15) is 9.59 Å². The van der Waals surface area contributed by atoms with Gasteiger partial charge in [0.25, 0.3) is 0 Å². The molecule has 0 heterocycles. The van der Waals surface area contributed by atoms with E-state index in [1.165, 1.54) is 77.0 Å². The smallest absolute Gasteiger partial charge is 0.132 e. The molecule has 0 aromatic carbocycles. The molecule has 0 N–H and O–H groups in total. The Labute approximate surface area is 186 Å². The molecule has 4 fully saturated rings. The number of unbranched alkanes of at least 4 members (excludes halogenated alkanes) is 4. The van der Waals surface area contributed by atoms with E-state index in [1.54, 1.807) is 0 Å². The minimum absolute atomic E-state index is 0.504. The van der Waals surface area contributed by atoms with Crippen molar-refractivity contribution in [3.63, 3.8) is 0 Å². The molecule has 0 amide bonds. The van der Waals surface area contributed by atoms with Crippen molar-refractivity contribution in [2.45, 2.75) is 142 Å². The maximum absolute atomic E-state index is 12.2. The lowest BCUT2D eigenvalue weighted by Gasteiger charge is -2.63. The van der Waals surface area contributed by atoms with Crippen LogP contribution in [0, 0.1) is 22.7 Å². The number of ketones is 2. The van der Waals surface area contributed by atoms with E-state index in [0.29, 0.717) is 22.4 Å². The van der Waals surface area contributed by atoms with Gasteiger partial charge in [0.05, 0.1) is 0 Å². The van der Waals surface area contributed by atoms with Crippen molar-refractivity contribution in [3.8, 4) is 0 Å². The predicted molar refractivity (Wildman–Crippen MR) is 126 cm³/mol. The quantitative estimate of drug-likeness (QED) is 0.237. The van der Waals surface area contributed by atoms with E-state index in [2.05, 4.69) is 13.8 Å². The second kappa shape index (κ2) is 11.3. The molecule has 4 rings (SSSR count). The Balaban J connectivity index is 1.45. The third-order valence-corrected chi connectivity index (χ3v) is 8.75. The molecule has 0 aromatic heterocycles. The second-order valence-corrected chi connectivity index (χ2v) is 11.7. The summed E-state index contributed by atoms with van der Waals surface area (Å²) in [5.41, 5.74) is 1.08. The SMILES string of the molecule is CCCCCC(=O)CCCC12CC3CC(C1)CC(CCCC(=O)CCCCC)(C3)C2. The van der Waals surface area contributed by atoms with Crippen molar-refractivity contribution in [1.29, 1.82) is 0 Å². The molecule has 0 radical (unpaired) electrons. The molecule has 172 valence electrons. The number of Topliss-reactive ketones (excluding diaryl/α,β-unsaturated/α-hetero) is 2. The molecule has 4 saturated carbocycles. The van der Waals surface area contributed by atoms with Crippen LogP contribution in [0.5, 0.6) is 0 Å². The maximum Gasteiger partial charge on any atom is 0.132 e. The summed E-state index contributed by atoms with van der Waals surface area (Å²) in [4.78, 5) is 24.5. The van der Waals surface area contributed by atoms with Crippen molar-refractivity contribution < 1.29 is 9.59 Å². The van der Waals surface area contributed by atoms with Gasteiger partial charge >= 0.3 is 0 Å². The summed E-state index contributed by atoms with van der Waals surface area (Å²) in [7, 11) is 0. The van der Waals surface area contributed by atoms with Crippen LogP contribution in [0.4, 0.5) is 0 Å². The summed E-state index contributed by atoms with van der Waals surface area (Å²) in [6.07, 6.45) is 23.7. The molecule has 4 aliphatic rings. The molecule has 2 nitrogen and oxygen atoms in total. The monoisotopic (exact) mass is 416 g/mol. The van der Waals surface area contributed by atoms with Gasteiger partial charge in [0.15, 0.2) is 0 Å². The third-order valence-electron chi connectivity index (χ3n) is 8.75. The van der Waals surface area contributed by atoms with Crippen LogP contribution in [0.1, 0.15) is 142 Å². The minimum Gasteiger partial charge on any atom is -0.300 e. The zero-order chi connectivity index (χ0) is 21.5. The van der Waals surface area contributed by atoms with Gasteiger partial charge in [-0.15, -0.1) is 0 Å². The lowest BCUT2D eigenvalue weighted by Crippen LogP contribution is -2.51. The van der Waals surface area contributed by atoms with Crippen molar-refractivity contribution in [2.24, 2.45) is 22.7 Å². The van der Waals surface area contributed by atoms with Crippen LogP contribution in [0.2, 0.25) is 0 Å². The summed E-state index contributed by atoms with van der Waals surface area (Å²) in [6.45, 7) is 4.41. The molecule has 4 aliphatic carbocycles. The highest BCUT2D eigenvalue weighted by Crippen LogP contribution is 2.67. The fourth-order valence-electron chi connectivity index (χ4n) is 7.95. The highest BCUT2D eigenvalue weighted by molar-refractivity contribution is 5.78. The molecule has 0 aliphatic heterocycles. The summed E-state index contributed by atoms with van der Waals surface area (Å²) in [6, 6.07) is 0. The van der Waals surface area contributed by atoms with Gasteiger partial charge in [0, 0.05) is 25.7 Å². The Kier molecular flexibility index (Phi) is 9.02. The van der Waals surface area contributed by atoms with E-state index in [1.807, 2.05) is 0 Å². The molecular weight excluding hydrogens is 368 g/mol. The first-order valence-electron chi connectivity index (χ1n) is 13.5. The molecule has 0 aromatic rings. The average molecular weight is 417 g/mol. The normalized spacial score (nSPS) is 31.9. The highest BCUT2D eigenvalue weighted by Gasteiger charge is 2.56. The number of carbonyl (C=O) groups excluding carboxylic acids is 2. The van der Waals surface area contributed by atoms with E-state index < -0.39 is 0 Å². The average Bonchev–Trinajstić information content (AvgIpc) is 2.67. The van der Waals surface area contributed by atoms with Gasteiger partial charge in [-0.2, -0.15) is 0 Å². The van der Waals surface area contributed by atoms with Gasteiger partial charge in [0.1, 0.15) is 11.6 Å². The summed E-state index contributed by atoms with van der Waals surface area (Å²) < 4.78 is 0. The second-order valence-electron chi connectivity index (χ2n) is 11.7. The van der Waals surface area contributed by atoms with Gasteiger partial charge in [-0.25, -0.2) is 0 Å². The Morgan fingerprint density at radius 3 is 1.43 bits per heavy atom. The molecule has 30 heavy (non-hydrogen) atoms. The molecule has 0 atom stereocenters. The standard InChI is InChI=1S/C28H48O2/c1-3-5-7-11-25(29)13-9-15-27-18-23-17-24(19-27)21-28(20-23,22-27)16-10-14-26(30)12-8-6-4-2/h23-24H,3-22H2,1-2H3. The summed E-state index contributed by atoms with van der Waals surface area (Å²) in [5.74, 6) is 2.88. The van der Waals surface area contributed by atoms with Crippen molar-refractivity contribution in [3.05, 3.63) is 0 Å². The minimum atomic E-state index is 0.504. The molecule has 0 spiro atoms. The highest BCUT2D eigenvalue weighted by atomic mass is 16.1. The van der Waals surface area contributed by atoms with E-state index >= 15 is 0 Å². The first kappa shape index (κ1) is 24.0. The lowest BCUT2D eigenvalue weighted by molar-refractivity contribution is -0.124. The molecule has 2 heteroatoms. The van der Waals surface area contributed by atoms with Gasteiger partial charge < -0.3 is 0 Å². The van der Waals surface area contributed by atoms with Crippen LogP contribution in [-0.4, -0.2) is 11.6 Å². The topological polar surface area (TPSA) is 34.1 Å². The van der Waals surface area contributed by atoms with Crippen LogP contribution in [0.3, 0.4) is 0 Å². The Bertz CT molecular complexity index is 503. The summed E-state index contributed by atoms with van der Waals surface area (Å²) >= 11 is 0. The van der Waals surface area contributed by atoms with Gasteiger partial charge in [-0.1, -0.05) is 39.5 Å². The van der Waals surface area contributed by atoms with Crippen LogP contribution in [0.25, 0.3) is 0 Å². The van der Waals surface area contributed by atoms with Gasteiger partial charge in [-0.3, -0.25) is 9.59 Å². The van der Waals surface area contributed by atoms with E-state index in [-0.39, 0.29) is 0 Å². The Hall–Kier alpha value is -0.660. The predicted octanol–water partition coefficient (Wildman–Crippen LogP) is 8.21. The molecule has 0 saturated heterocycles. The molecular formula is C28H48O2. The van der Waals surface area contributed by atoms with Crippen LogP contribution < -0.4 is 0 Å². The zero-order valence-electron chi connectivity index (χ0n) is 20.1. The first-order chi connectivity index (χ1) is 14.5. The van der Waals surface area contributed by atoms with Crippen molar-refractivity contribution in [1.82, 2.24) is 0 Å². The summed E-state index contributed by atoms with van der Waals surface area (Å²) in [5, 5.41) is 0. The molecule has 0 unspecified atom stereocenters. The number of hydrogen-bond acceptors (Lipinski definition) is 2. The molecule has 4 bridgehead atoms. The maximum atomic E-state index is 12.2. The fourth-order valence-corrected chi connectivity index (χ4v) is 7.95. The van der Waals surface area contributed by atoms with Crippen LogP contribution >= 0.6 is 0 Å². The van der Waals surface area contributed by atoms with Gasteiger partial charge in [0.2, 0.25) is 0 Å². The lowest BCUT2D eigenvalue weighted by atomic mass is 9.42. The first-order valence-corrected chi connectivity index (χ1v) is 13.5. The Morgan fingerprint density at radius 2 is 1.03 bits per heavy atom. The largest absolute Gasteiger partial charge is 0.300 e. The number of rotatable bonds is 16. The zero-order valence-corrected chi connectivity index (χ0v) is 20.1. The van der Waals surface area contributed by atoms with E-state index in [4.69, 9.17) is 0 Å².